The lowest BCUT2D eigenvalue weighted by molar-refractivity contribution is 0.373. The lowest BCUT2D eigenvalue weighted by atomic mass is 10.1. The summed E-state index contributed by atoms with van der Waals surface area (Å²) in [4.78, 5) is 0. The Balaban J connectivity index is 1.99. The normalized spacial score (nSPS) is 9.80. The summed E-state index contributed by atoms with van der Waals surface area (Å²) in [7, 11) is 1.53. The fraction of sp³-hybridized carbons (Fsp3) is 0.188. The van der Waals surface area contributed by atoms with Crippen LogP contribution in [0.25, 0.3) is 0 Å². The molecule has 2 N–H and O–H groups in total. The van der Waals surface area contributed by atoms with Gasteiger partial charge in [-0.05, 0) is 35.4 Å². The lowest BCUT2D eigenvalue weighted by Gasteiger charge is -2.09. The van der Waals surface area contributed by atoms with E-state index in [1.807, 2.05) is 30.3 Å². The van der Waals surface area contributed by atoms with E-state index in [1.54, 1.807) is 12.1 Å². The molecule has 2 rings (SSSR count). The lowest BCUT2D eigenvalue weighted by Crippen LogP contribution is -1.99. The number of methoxy groups -OCH3 is 1. The predicted molar refractivity (Wildman–Crippen MR) is 77.7 cm³/mol. The molecule has 0 heterocycles. The first-order chi connectivity index (χ1) is 9.72. The fourth-order valence-electron chi connectivity index (χ4n) is 1.87. The summed E-state index contributed by atoms with van der Waals surface area (Å²) in [5, 5.41) is 21.4. The third kappa shape index (κ3) is 3.42. The van der Waals surface area contributed by atoms with Gasteiger partial charge in [-0.1, -0.05) is 18.2 Å². The summed E-state index contributed by atoms with van der Waals surface area (Å²) < 4.78 is 5.07. The number of hydrogen-bond donors (Lipinski definition) is 2. The summed E-state index contributed by atoms with van der Waals surface area (Å²) in [5.74, 6) is 0.603. The van der Waals surface area contributed by atoms with Crippen molar-refractivity contribution in [2.75, 3.05) is 12.4 Å². The van der Waals surface area contributed by atoms with Gasteiger partial charge in [0.2, 0.25) is 0 Å². The zero-order valence-corrected chi connectivity index (χ0v) is 11.3. The minimum Gasteiger partial charge on any atom is -0.504 e. The van der Waals surface area contributed by atoms with E-state index in [1.165, 1.54) is 7.11 Å². The molecule has 0 saturated carbocycles. The van der Waals surface area contributed by atoms with Crippen LogP contribution < -0.4 is 10.1 Å². The molecule has 2 aromatic rings. The fourth-order valence-corrected chi connectivity index (χ4v) is 1.87. The maximum Gasteiger partial charge on any atom is 0.160 e. The largest absolute Gasteiger partial charge is 0.504 e. The Kier molecular flexibility index (Phi) is 4.46. The topological polar surface area (TPSA) is 65.3 Å². The minimum atomic E-state index is 0.136. The summed E-state index contributed by atoms with van der Waals surface area (Å²) in [6, 6.07) is 15.1. The van der Waals surface area contributed by atoms with Crippen LogP contribution in [0.15, 0.2) is 42.5 Å². The number of aromatic hydroxyl groups is 1. The van der Waals surface area contributed by atoms with E-state index in [0.717, 1.165) is 16.8 Å². The van der Waals surface area contributed by atoms with Crippen LogP contribution in [0.3, 0.4) is 0 Å². The second-order valence-corrected chi connectivity index (χ2v) is 4.39. The SMILES string of the molecule is COc1cc(CNc2ccc(CC#N)cc2)ccc1O. The van der Waals surface area contributed by atoms with Crippen LogP contribution >= 0.6 is 0 Å². The van der Waals surface area contributed by atoms with E-state index in [2.05, 4.69) is 11.4 Å². The van der Waals surface area contributed by atoms with Crippen LogP contribution in [0, 0.1) is 11.3 Å². The van der Waals surface area contributed by atoms with Crippen LogP contribution in [0.5, 0.6) is 11.5 Å². The number of hydrogen-bond acceptors (Lipinski definition) is 4. The average Bonchev–Trinajstić information content (AvgIpc) is 2.48. The molecule has 0 unspecified atom stereocenters. The van der Waals surface area contributed by atoms with Gasteiger partial charge in [-0.15, -0.1) is 0 Å². The first-order valence-corrected chi connectivity index (χ1v) is 6.28. The Morgan fingerprint density at radius 2 is 1.85 bits per heavy atom. The van der Waals surface area contributed by atoms with Gasteiger partial charge in [-0.25, -0.2) is 0 Å². The second-order valence-electron chi connectivity index (χ2n) is 4.39. The van der Waals surface area contributed by atoms with Gasteiger partial charge in [-0.2, -0.15) is 5.26 Å². The maximum absolute atomic E-state index is 9.53. The van der Waals surface area contributed by atoms with Gasteiger partial charge in [0, 0.05) is 12.2 Å². The first-order valence-electron chi connectivity index (χ1n) is 6.28. The summed E-state index contributed by atoms with van der Waals surface area (Å²) >= 11 is 0. The average molecular weight is 268 g/mol. The molecular weight excluding hydrogens is 252 g/mol. The van der Waals surface area contributed by atoms with Crippen molar-refractivity contribution in [3.8, 4) is 17.6 Å². The molecule has 4 nitrogen and oxygen atoms in total. The van der Waals surface area contributed by atoms with Crippen molar-refractivity contribution in [3.63, 3.8) is 0 Å². The van der Waals surface area contributed by atoms with Crippen molar-refractivity contribution < 1.29 is 9.84 Å². The standard InChI is InChI=1S/C16H16N2O2/c1-20-16-10-13(4-7-15(16)19)11-18-14-5-2-12(3-6-14)8-9-17/h2-7,10,18-19H,8,11H2,1H3. The van der Waals surface area contributed by atoms with E-state index in [0.29, 0.717) is 18.7 Å². The number of rotatable bonds is 5. The van der Waals surface area contributed by atoms with Gasteiger partial charge in [0.05, 0.1) is 19.6 Å². The molecule has 0 atom stereocenters. The van der Waals surface area contributed by atoms with Crippen LogP contribution in [-0.4, -0.2) is 12.2 Å². The molecule has 0 aliphatic heterocycles. The molecule has 2 aromatic carbocycles. The van der Waals surface area contributed by atoms with Crippen molar-refractivity contribution >= 4 is 5.69 Å². The number of anilines is 1. The van der Waals surface area contributed by atoms with Crippen molar-refractivity contribution in [2.45, 2.75) is 13.0 Å². The highest BCUT2D eigenvalue weighted by Gasteiger charge is 2.02. The molecule has 0 aliphatic carbocycles. The van der Waals surface area contributed by atoms with Crippen LogP contribution in [0.2, 0.25) is 0 Å². The number of benzene rings is 2. The van der Waals surface area contributed by atoms with Crippen molar-refractivity contribution in [2.24, 2.45) is 0 Å². The summed E-state index contributed by atoms with van der Waals surface area (Å²) in [5.41, 5.74) is 3.00. The van der Waals surface area contributed by atoms with Gasteiger partial charge >= 0.3 is 0 Å². The zero-order valence-electron chi connectivity index (χ0n) is 11.3. The predicted octanol–water partition coefficient (Wildman–Crippen LogP) is 3.08. The van der Waals surface area contributed by atoms with Crippen molar-refractivity contribution in [3.05, 3.63) is 53.6 Å². The number of phenols is 1. The molecule has 0 amide bonds. The van der Waals surface area contributed by atoms with Gasteiger partial charge < -0.3 is 15.2 Å². The molecule has 0 radical (unpaired) electrons. The molecule has 0 aliphatic rings. The Morgan fingerprint density at radius 3 is 2.50 bits per heavy atom. The molecular formula is C16H16N2O2. The highest BCUT2D eigenvalue weighted by Crippen LogP contribution is 2.26. The highest BCUT2D eigenvalue weighted by atomic mass is 16.5. The molecule has 0 saturated heterocycles. The first kappa shape index (κ1) is 13.8. The maximum atomic E-state index is 9.53. The van der Waals surface area contributed by atoms with E-state index < -0.39 is 0 Å². The number of nitriles is 1. The third-order valence-corrected chi connectivity index (χ3v) is 2.98. The number of ether oxygens (including phenoxy) is 1. The van der Waals surface area contributed by atoms with Gasteiger partial charge in [0.25, 0.3) is 0 Å². The van der Waals surface area contributed by atoms with E-state index in [4.69, 9.17) is 10.00 Å². The summed E-state index contributed by atoms with van der Waals surface area (Å²) in [6.07, 6.45) is 0.426. The smallest absolute Gasteiger partial charge is 0.160 e. The summed E-state index contributed by atoms with van der Waals surface area (Å²) in [6.45, 7) is 0.633. The Labute approximate surface area is 118 Å². The molecule has 102 valence electrons. The molecule has 0 spiro atoms. The zero-order chi connectivity index (χ0) is 14.4. The Bertz CT molecular complexity index is 615. The van der Waals surface area contributed by atoms with Crippen LogP contribution in [0.4, 0.5) is 5.69 Å². The highest BCUT2D eigenvalue weighted by molar-refractivity contribution is 5.47. The van der Waals surface area contributed by atoms with Crippen LogP contribution in [-0.2, 0) is 13.0 Å². The molecule has 4 heteroatoms. The molecule has 0 bridgehead atoms. The van der Waals surface area contributed by atoms with Crippen molar-refractivity contribution in [1.29, 1.82) is 5.26 Å². The van der Waals surface area contributed by atoms with Gasteiger partial charge in [-0.3, -0.25) is 0 Å². The molecule has 20 heavy (non-hydrogen) atoms. The number of phenolic OH excluding ortho intramolecular Hbond substituents is 1. The van der Waals surface area contributed by atoms with Gasteiger partial charge in [0.1, 0.15) is 0 Å². The van der Waals surface area contributed by atoms with Crippen molar-refractivity contribution in [1.82, 2.24) is 0 Å². The number of nitrogens with zero attached hydrogens (tertiary/aromatic N) is 1. The molecule has 0 aromatic heterocycles. The van der Waals surface area contributed by atoms with E-state index >= 15 is 0 Å². The Hall–Kier alpha value is -2.67. The van der Waals surface area contributed by atoms with E-state index in [9.17, 15) is 5.11 Å². The van der Waals surface area contributed by atoms with E-state index in [-0.39, 0.29) is 5.75 Å². The van der Waals surface area contributed by atoms with Crippen LogP contribution in [0.1, 0.15) is 11.1 Å². The third-order valence-electron chi connectivity index (χ3n) is 2.98. The quantitative estimate of drug-likeness (QED) is 0.874. The monoisotopic (exact) mass is 268 g/mol. The Morgan fingerprint density at radius 1 is 1.15 bits per heavy atom. The van der Waals surface area contributed by atoms with Gasteiger partial charge in [0.15, 0.2) is 11.5 Å². The second kappa shape index (κ2) is 6.48. The molecule has 0 fully saturated rings. The number of nitrogens with one attached hydrogen (secondary N) is 1. The minimum absolute atomic E-state index is 0.136.